The number of aliphatic hydroxyl groups excluding tert-OH is 2. The summed E-state index contributed by atoms with van der Waals surface area (Å²) < 4.78 is 11.2. The SMILES string of the molecule is CC[C@H]1/C2=C/c3[n-]c4c(c3C)=C(O)[C@H](C(=O)OC)C=4[C@@H]3[N-]C(Cc4[n-]c(/c(=C(/C)O)c4C)=C\[C@@H]([N-]2)[C@@H]1C)[C@@H](C)[C@@H]3CCC(=O)OC/C=C(\C)CCC[C@H](C)CCC[C@H](C)CCCC(C)C.[Mg+2]. The standard InChI is InChI=1S/C55H80N4O6.Mg/c1-13-39-34(7)41-29-46-48(38(11)60)36(9)43(57-46)27-42-35(8)40(52(58-42)50-51(55(63)64-12)54(62)49-37(10)44(59-53(49)50)28-45(39)56-41)23-24-47(61)65-26-25-33(6)22-16-21-32(5)20-15-19-31(4)18-14-17-30(2)3;/h25,28-32,34-35,39-42,51-52,60,62H,13-24,26-27H2,1-12H3;/q-4;+2/b33-25+,45-28-,46-29-,48-38-;/t31-,32-,34-,35+,39-,40+,41-,42?,51-,52-;/m1./s1. The van der Waals surface area contributed by atoms with Gasteiger partial charge in [-0.3, -0.25) is 9.59 Å². The van der Waals surface area contributed by atoms with Gasteiger partial charge in [0.2, 0.25) is 0 Å². The Morgan fingerprint density at radius 2 is 1.59 bits per heavy atom. The number of fused-ring (bicyclic) bond motifs is 8. The fourth-order valence-electron chi connectivity index (χ4n) is 11.5. The van der Waals surface area contributed by atoms with Gasteiger partial charge >= 0.3 is 35.0 Å². The first-order valence-electron chi connectivity index (χ1n) is 25.1. The number of esters is 2. The first kappa shape index (κ1) is 53.5. The molecule has 2 fully saturated rings. The van der Waals surface area contributed by atoms with Crippen LogP contribution in [-0.4, -0.2) is 77.0 Å². The van der Waals surface area contributed by atoms with Gasteiger partial charge in [0.25, 0.3) is 0 Å². The molecule has 0 radical (unpaired) electrons. The maximum atomic E-state index is 13.7. The molecule has 0 amide bonds. The summed E-state index contributed by atoms with van der Waals surface area (Å²) in [5.41, 5.74) is 6.06. The minimum absolute atomic E-state index is 0. The second kappa shape index (κ2) is 23.7. The zero-order valence-electron chi connectivity index (χ0n) is 42.5. The van der Waals surface area contributed by atoms with E-state index in [-0.39, 0.29) is 89.3 Å². The van der Waals surface area contributed by atoms with Gasteiger partial charge in [0.15, 0.2) is 0 Å². The van der Waals surface area contributed by atoms with Crippen molar-refractivity contribution in [3.05, 3.63) is 71.6 Å². The number of hydrogen-bond donors (Lipinski definition) is 2. The third-order valence-electron chi connectivity index (χ3n) is 15.6. The molecule has 2 N–H and O–H groups in total. The van der Waals surface area contributed by atoms with Crippen LogP contribution in [0.2, 0.25) is 0 Å². The zero-order valence-corrected chi connectivity index (χ0v) is 43.9. The van der Waals surface area contributed by atoms with Crippen molar-refractivity contribution in [3.8, 4) is 0 Å². The molecule has 3 aliphatic heterocycles. The Hall–Kier alpha value is -3.41. The molecular weight excluding hydrogens is 837 g/mol. The van der Waals surface area contributed by atoms with E-state index in [0.717, 1.165) is 64.2 Å². The molecule has 4 aliphatic rings. The number of aromatic nitrogens is 2. The first-order valence-corrected chi connectivity index (χ1v) is 25.1. The molecule has 66 heavy (non-hydrogen) atoms. The maximum Gasteiger partial charge on any atom is 2.00 e. The van der Waals surface area contributed by atoms with Crippen molar-refractivity contribution in [1.29, 1.82) is 0 Å². The van der Waals surface area contributed by atoms with E-state index >= 15 is 0 Å². The number of carbonyl (C=O) groups is 2. The first-order chi connectivity index (χ1) is 30.9. The van der Waals surface area contributed by atoms with Crippen LogP contribution in [-0.2, 0) is 25.5 Å². The van der Waals surface area contributed by atoms with Crippen LogP contribution in [0.1, 0.15) is 162 Å². The molecule has 2 aromatic heterocycles. The van der Waals surface area contributed by atoms with Gasteiger partial charge in [0.1, 0.15) is 18.3 Å². The quantitative estimate of drug-likeness (QED) is 0.0806. The zero-order chi connectivity index (χ0) is 47.3. The minimum Gasteiger partial charge on any atom is -0.682 e. The number of ether oxygens (including phenoxy) is 2. The largest absolute Gasteiger partial charge is 2.00 e. The van der Waals surface area contributed by atoms with Crippen molar-refractivity contribution in [3.63, 3.8) is 0 Å². The van der Waals surface area contributed by atoms with Crippen molar-refractivity contribution >= 4 is 64.2 Å². The Morgan fingerprint density at radius 3 is 2.23 bits per heavy atom. The van der Waals surface area contributed by atoms with E-state index in [1.807, 2.05) is 26.0 Å². The predicted octanol–water partition coefficient (Wildman–Crippen LogP) is 9.02. The van der Waals surface area contributed by atoms with Gasteiger partial charge in [-0.05, 0) is 87.8 Å². The fourth-order valence-corrected chi connectivity index (χ4v) is 11.5. The van der Waals surface area contributed by atoms with Crippen molar-refractivity contribution < 1.29 is 29.3 Å². The molecule has 0 saturated carbocycles. The van der Waals surface area contributed by atoms with Crippen LogP contribution in [0.3, 0.4) is 0 Å². The molecule has 6 rings (SSSR count). The van der Waals surface area contributed by atoms with Gasteiger partial charge in [-0.1, -0.05) is 152 Å². The average Bonchev–Trinajstić information content (AvgIpc) is 4.00. The summed E-state index contributed by atoms with van der Waals surface area (Å²) in [7, 11) is 1.34. The number of hydrogen-bond acceptors (Lipinski definition) is 6. The molecule has 8 bridgehead atoms. The molecule has 11 heteroatoms. The topological polar surface area (TPSA) is 149 Å². The van der Waals surface area contributed by atoms with Crippen molar-refractivity contribution in [1.82, 2.24) is 9.97 Å². The molecule has 1 aliphatic carbocycles. The molecule has 0 spiro atoms. The third-order valence-corrected chi connectivity index (χ3v) is 15.6. The summed E-state index contributed by atoms with van der Waals surface area (Å²) in [6.45, 7) is 24.0. The van der Waals surface area contributed by atoms with Gasteiger partial charge < -0.3 is 40.3 Å². The summed E-state index contributed by atoms with van der Waals surface area (Å²) >= 11 is 0. The molecule has 0 aromatic carbocycles. The van der Waals surface area contributed by atoms with Crippen LogP contribution < -0.4 is 31.1 Å². The molecule has 360 valence electrons. The third kappa shape index (κ3) is 12.1. The second-order valence-corrected chi connectivity index (χ2v) is 20.9. The van der Waals surface area contributed by atoms with E-state index in [1.165, 1.54) is 57.6 Å². The van der Waals surface area contributed by atoms with Crippen LogP contribution in [0.25, 0.3) is 39.9 Å². The number of methoxy groups -OCH3 is 1. The summed E-state index contributed by atoms with van der Waals surface area (Å²) in [6.07, 6.45) is 19.5. The Morgan fingerprint density at radius 1 is 0.924 bits per heavy atom. The Labute approximate surface area is 411 Å². The predicted molar refractivity (Wildman–Crippen MR) is 268 cm³/mol. The van der Waals surface area contributed by atoms with Crippen LogP contribution in [0.4, 0.5) is 0 Å². The molecule has 10 nitrogen and oxygen atoms in total. The summed E-state index contributed by atoms with van der Waals surface area (Å²) in [5.74, 6) is 0.754. The summed E-state index contributed by atoms with van der Waals surface area (Å²) in [5, 5.41) is 36.2. The number of carbonyl (C=O) groups excluding carboxylic acids is 2. The number of nitrogens with zero attached hydrogens (tertiary/aromatic N) is 4. The van der Waals surface area contributed by atoms with Crippen molar-refractivity contribution in [2.45, 2.75) is 178 Å². The molecule has 2 aromatic rings. The molecule has 10 atom stereocenters. The van der Waals surface area contributed by atoms with Crippen molar-refractivity contribution in [2.75, 3.05) is 13.7 Å². The van der Waals surface area contributed by atoms with Gasteiger partial charge in [-0.2, -0.15) is 11.4 Å². The number of rotatable bonds is 19. The normalized spacial score (nSPS) is 27.4. The van der Waals surface area contributed by atoms with Gasteiger partial charge in [0, 0.05) is 11.6 Å². The van der Waals surface area contributed by atoms with Gasteiger partial charge in [-0.25, -0.2) is 0 Å². The summed E-state index contributed by atoms with van der Waals surface area (Å²) in [6, 6.07) is -0.907. The number of allylic oxidation sites excluding steroid dienone is 2. The minimum atomic E-state index is -1.06. The van der Waals surface area contributed by atoms with Gasteiger partial charge in [0.05, 0.1) is 12.9 Å². The van der Waals surface area contributed by atoms with E-state index < -0.39 is 17.9 Å². The molecule has 1 unspecified atom stereocenters. The van der Waals surface area contributed by atoms with Crippen molar-refractivity contribution in [2.24, 2.45) is 47.3 Å². The Kier molecular flexibility index (Phi) is 19.3. The van der Waals surface area contributed by atoms with Crippen LogP contribution in [0.15, 0.2) is 17.3 Å². The van der Waals surface area contributed by atoms with Crippen LogP contribution in [0.5, 0.6) is 0 Å². The second-order valence-electron chi connectivity index (χ2n) is 20.9. The summed E-state index contributed by atoms with van der Waals surface area (Å²) in [4.78, 5) is 37.5. The smallest absolute Gasteiger partial charge is 0.682 e. The molecular formula is C55H80MgN4O6-2. The maximum absolute atomic E-state index is 13.7. The van der Waals surface area contributed by atoms with E-state index in [2.05, 4.69) is 61.5 Å². The van der Waals surface area contributed by atoms with E-state index in [1.54, 1.807) is 6.92 Å². The van der Waals surface area contributed by atoms with Crippen LogP contribution >= 0.6 is 0 Å². The molecule has 5 heterocycles. The molecule has 2 saturated heterocycles. The van der Waals surface area contributed by atoms with E-state index in [9.17, 15) is 19.8 Å². The fraction of sp³-hybridized carbons (Fsp3) is 0.673. The number of aliphatic hydroxyl groups is 2. The Bertz CT molecular complexity index is 2330. The van der Waals surface area contributed by atoms with E-state index in [0.29, 0.717) is 40.6 Å². The van der Waals surface area contributed by atoms with Crippen LogP contribution in [0, 0.1) is 61.2 Å². The monoisotopic (exact) mass is 917 g/mol. The average molecular weight is 918 g/mol. The Balaban J connectivity index is 0.00000817. The van der Waals surface area contributed by atoms with Gasteiger partial charge in [-0.15, -0.1) is 34.6 Å². The van der Waals surface area contributed by atoms with E-state index in [4.69, 9.17) is 30.1 Å².